The zero-order valence-electron chi connectivity index (χ0n) is 10.2. The second-order valence-electron chi connectivity index (χ2n) is 6.61. The van der Waals surface area contributed by atoms with Gasteiger partial charge in [-0.1, -0.05) is 13.8 Å². The van der Waals surface area contributed by atoms with Crippen LogP contribution in [0.4, 0.5) is 0 Å². The van der Waals surface area contributed by atoms with E-state index in [1.54, 1.807) is 0 Å². The molecule has 3 fully saturated rings. The molecule has 3 aliphatic rings. The summed E-state index contributed by atoms with van der Waals surface area (Å²) < 4.78 is 12.1. The first-order valence-corrected chi connectivity index (χ1v) is 6.23. The first kappa shape index (κ1) is 10.1. The van der Waals surface area contributed by atoms with Gasteiger partial charge in [0.2, 0.25) is 0 Å². The molecule has 5 unspecified atom stereocenters. The van der Waals surface area contributed by atoms with Gasteiger partial charge in [-0.15, -0.1) is 0 Å². The summed E-state index contributed by atoms with van der Waals surface area (Å²) in [4.78, 5) is 0. The third-order valence-electron chi connectivity index (χ3n) is 4.95. The average Bonchev–Trinajstić information content (AvgIpc) is 2.72. The summed E-state index contributed by atoms with van der Waals surface area (Å²) >= 11 is 0. The molecule has 0 N–H and O–H groups in total. The standard InChI is InChI=1S/C13H22O2/c1-8-9(2)11-13(5-10(8)15-11)6-12(3,4)14-7-13/h8-11H,5-7H2,1-4H3. The van der Waals surface area contributed by atoms with Gasteiger partial charge in [0.05, 0.1) is 24.4 Å². The lowest BCUT2D eigenvalue weighted by atomic mass is 9.64. The fraction of sp³-hybridized carbons (Fsp3) is 1.00. The summed E-state index contributed by atoms with van der Waals surface area (Å²) in [5.41, 5.74) is 0.414. The summed E-state index contributed by atoms with van der Waals surface area (Å²) in [6.07, 6.45) is 3.37. The van der Waals surface area contributed by atoms with Gasteiger partial charge in [-0.2, -0.15) is 0 Å². The quantitative estimate of drug-likeness (QED) is 0.612. The first-order valence-electron chi connectivity index (χ1n) is 6.23. The van der Waals surface area contributed by atoms with Crippen molar-refractivity contribution in [3.05, 3.63) is 0 Å². The lowest BCUT2D eigenvalue weighted by Crippen LogP contribution is -2.41. The fourth-order valence-electron chi connectivity index (χ4n) is 4.11. The van der Waals surface area contributed by atoms with Crippen molar-refractivity contribution in [1.82, 2.24) is 0 Å². The molecule has 3 rings (SSSR count). The van der Waals surface area contributed by atoms with Gasteiger partial charge in [0.15, 0.2) is 0 Å². The molecular weight excluding hydrogens is 188 g/mol. The molecule has 2 nitrogen and oxygen atoms in total. The van der Waals surface area contributed by atoms with Crippen LogP contribution in [0.5, 0.6) is 0 Å². The highest BCUT2D eigenvalue weighted by Crippen LogP contribution is 2.59. The zero-order chi connectivity index (χ0) is 10.8. The summed E-state index contributed by atoms with van der Waals surface area (Å²) in [5, 5.41) is 0. The van der Waals surface area contributed by atoms with Crippen LogP contribution >= 0.6 is 0 Å². The third-order valence-corrected chi connectivity index (χ3v) is 4.95. The van der Waals surface area contributed by atoms with Crippen LogP contribution in [0.1, 0.15) is 40.5 Å². The van der Waals surface area contributed by atoms with Gasteiger partial charge in [-0.25, -0.2) is 0 Å². The van der Waals surface area contributed by atoms with E-state index in [2.05, 4.69) is 27.7 Å². The Hall–Kier alpha value is -0.0800. The number of rotatable bonds is 0. The van der Waals surface area contributed by atoms with Crippen molar-refractivity contribution >= 4 is 0 Å². The molecule has 0 saturated carbocycles. The monoisotopic (exact) mass is 210 g/mol. The zero-order valence-corrected chi connectivity index (χ0v) is 10.2. The van der Waals surface area contributed by atoms with Gasteiger partial charge in [0, 0.05) is 5.41 Å². The van der Waals surface area contributed by atoms with Crippen LogP contribution in [0, 0.1) is 17.3 Å². The van der Waals surface area contributed by atoms with Gasteiger partial charge in [-0.3, -0.25) is 0 Å². The minimum Gasteiger partial charge on any atom is -0.375 e. The Morgan fingerprint density at radius 2 is 1.87 bits per heavy atom. The van der Waals surface area contributed by atoms with Crippen molar-refractivity contribution in [3.8, 4) is 0 Å². The van der Waals surface area contributed by atoms with Crippen molar-refractivity contribution in [2.45, 2.75) is 58.3 Å². The molecule has 3 heterocycles. The molecule has 5 atom stereocenters. The summed E-state index contributed by atoms with van der Waals surface area (Å²) in [6.45, 7) is 10.0. The second-order valence-corrected chi connectivity index (χ2v) is 6.61. The van der Waals surface area contributed by atoms with Crippen molar-refractivity contribution in [2.75, 3.05) is 6.61 Å². The molecule has 3 aliphatic heterocycles. The van der Waals surface area contributed by atoms with Crippen LogP contribution in [-0.2, 0) is 9.47 Å². The molecule has 0 aromatic carbocycles. The van der Waals surface area contributed by atoms with E-state index >= 15 is 0 Å². The highest BCUT2D eigenvalue weighted by Gasteiger charge is 2.62. The molecule has 3 saturated heterocycles. The molecule has 0 aliphatic carbocycles. The van der Waals surface area contributed by atoms with Crippen LogP contribution < -0.4 is 0 Å². The Bertz CT molecular complexity index is 284. The Morgan fingerprint density at radius 3 is 2.33 bits per heavy atom. The number of fused-ring (bicyclic) bond motifs is 3. The van der Waals surface area contributed by atoms with Crippen molar-refractivity contribution in [3.63, 3.8) is 0 Å². The molecule has 2 heteroatoms. The largest absolute Gasteiger partial charge is 0.375 e. The highest BCUT2D eigenvalue weighted by atomic mass is 16.5. The highest BCUT2D eigenvalue weighted by molar-refractivity contribution is 5.10. The Morgan fingerprint density at radius 1 is 1.13 bits per heavy atom. The molecule has 15 heavy (non-hydrogen) atoms. The van der Waals surface area contributed by atoms with Crippen molar-refractivity contribution < 1.29 is 9.47 Å². The van der Waals surface area contributed by atoms with E-state index in [-0.39, 0.29) is 5.60 Å². The summed E-state index contributed by atoms with van der Waals surface area (Å²) in [5.74, 6) is 1.45. The smallest absolute Gasteiger partial charge is 0.0688 e. The average molecular weight is 210 g/mol. The minimum absolute atomic E-state index is 0.0663. The maximum absolute atomic E-state index is 6.15. The molecular formula is C13H22O2. The first-order chi connectivity index (χ1) is 6.94. The Labute approximate surface area is 92.3 Å². The van der Waals surface area contributed by atoms with Gasteiger partial charge in [0.25, 0.3) is 0 Å². The second kappa shape index (κ2) is 2.78. The van der Waals surface area contributed by atoms with Gasteiger partial charge in [-0.05, 0) is 38.5 Å². The summed E-state index contributed by atoms with van der Waals surface area (Å²) in [6, 6.07) is 0. The molecule has 86 valence electrons. The molecule has 2 bridgehead atoms. The third kappa shape index (κ3) is 1.24. The van der Waals surface area contributed by atoms with E-state index < -0.39 is 0 Å². The van der Waals surface area contributed by atoms with E-state index in [0.717, 1.165) is 12.5 Å². The predicted molar refractivity (Wildman–Crippen MR) is 58.7 cm³/mol. The van der Waals surface area contributed by atoms with Crippen LogP contribution in [0.15, 0.2) is 0 Å². The minimum atomic E-state index is 0.0663. The van der Waals surface area contributed by atoms with Crippen molar-refractivity contribution in [1.29, 1.82) is 0 Å². The number of ether oxygens (including phenoxy) is 2. The molecule has 0 aromatic rings. The topological polar surface area (TPSA) is 18.5 Å². The maximum atomic E-state index is 6.15. The van der Waals surface area contributed by atoms with Crippen molar-refractivity contribution in [2.24, 2.45) is 17.3 Å². The molecule has 1 spiro atoms. The van der Waals surface area contributed by atoms with Crippen LogP contribution in [0.2, 0.25) is 0 Å². The van der Waals surface area contributed by atoms with E-state index in [1.165, 1.54) is 12.8 Å². The Kier molecular flexibility index (Phi) is 1.87. The van der Waals surface area contributed by atoms with Crippen LogP contribution in [0.3, 0.4) is 0 Å². The lowest BCUT2D eigenvalue weighted by Gasteiger charge is -2.36. The SMILES string of the molecule is CC1C2CC3(COC(C)(C)C3)C(O2)C1C. The van der Waals surface area contributed by atoms with Gasteiger partial charge < -0.3 is 9.47 Å². The molecule has 0 radical (unpaired) electrons. The van der Waals surface area contributed by atoms with E-state index in [1.807, 2.05) is 0 Å². The van der Waals surface area contributed by atoms with Gasteiger partial charge in [0.1, 0.15) is 0 Å². The molecule has 0 aromatic heterocycles. The van der Waals surface area contributed by atoms with Crippen LogP contribution in [0.25, 0.3) is 0 Å². The summed E-state index contributed by atoms with van der Waals surface area (Å²) in [7, 11) is 0. The number of hydrogen-bond donors (Lipinski definition) is 0. The number of hydrogen-bond acceptors (Lipinski definition) is 2. The lowest BCUT2D eigenvalue weighted by molar-refractivity contribution is 0.0139. The van der Waals surface area contributed by atoms with E-state index in [4.69, 9.17) is 9.47 Å². The normalized spacial score (nSPS) is 56.8. The van der Waals surface area contributed by atoms with Gasteiger partial charge >= 0.3 is 0 Å². The fourth-order valence-corrected chi connectivity index (χ4v) is 4.11. The maximum Gasteiger partial charge on any atom is 0.0688 e. The van der Waals surface area contributed by atoms with Crippen LogP contribution in [-0.4, -0.2) is 24.4 Å². The molecule has 0 amide bonds. The Balaban J connectivity index is 1.86. The van der Waals surface area contributed by atoms with E-state index in [0.29, 0.717) is 23.5 Å². The predicted octanol–water partition coefficient (Wildman–Crippen LogP) is 2.62. The van der Waals surface area contributed by atoms with E-state index in [9.17, 15) is 0 Å².